The first-order valence-corrected chi connectivity index (χ1v) is 11.5. The molecule has 0 bridgehead atoms. The number of methoxy groups -OCH3 is 1. The molecule has 1 atom stereocenters. The largest absolute Gasteiger partial charge is 0.491 e. The molecular formula is C27H32FNO6. The highest BCUT2D eigenvalue weighted by Gasteiger charge is 2.28. The van der Waals surface area contributed by atoms with Crippen molar-refractivity contribution in [3.63, 3.8) is 0 Å². The Morgan fingerprint density at radius 1 is 1.11 bits per heavy atom. The third-order valence-electron chi connectivity index (χ3n) is 6.09. The van der Waals surface area contributed by atoms with E-state index < -0.39 is 22.9 Å². The van der Waals surface area contributed by atoms with Crippen molar-refractivity contribution in [3.8, 4) is 5.75 Å². The number of rotatable bonds is 10. The topological polar surface area (TPSA) is 98.0 Å². The van der Waals surface area contributed by atoms with E-state index in [4.69, 9.17) is 9.47 Å². The molecule has 0 aliphatic carbocycles. The number of carboxylic acids is 1. The second-order valence-electron chi connectivity index (χ2n) is 9.59. The maximum Gasteiger partial charge on any atom is 0.341 e. The molecule has 35 heavy (non-hydrogen) atoms. The lowest BCUT2D eigenvalue weighted by Crippen LogP contribution is -2.30. The first kappa shape index (κ1) is 26.4. The summed E-state index contributed by atoms with van der Waals surface area (Å²) in [6.07, 6.45) is 2.36. The minimum atomic E-state index is -1.33. The van der Waals surface area contributed by atoms with Crippen LogP contribution in [0.15, 0.2) is 47.4 Å². The third kappa shape index (κ3) is 6.07. The molecule has 2 aromatic carbocycles. The van der Waals surface area contributed by atoms with Crippen LogP contribution in [0.3, 0.4) is 0 Å². The lowest BCUT2D eigenvalue weighted by atomic mass is 9.86. The molecule has 3 rings (SSSR count). The van der Waals surface area contributed by atoms with Crippen LogP contribution in [0.5, 0.6) is 5.75 Å². The zero-order valence-electron chi connectivity index (χ0n) is 20.5. The molecule has 0 amide bonds. The summed E-state index contributed by atoms with van der Waals surface area (Å²) in [4.78, 5) is 25.1. The number of aryl methyl sites for hydroxylation is 2. The number of aliphatic hydroxyl groups is 1. The molecule has 1 aromatic heterocycles. The summed E-state index contributed by atoms with van der Waals surface area (Å²) in [5, 5.41) is 20.1. The highest BCUT2D eigenvalue weighted by molar-refractivity contribution is 5.93. The number of nitrogens with zero attached hydrogens (tertiary/aromatic N) is 1. The summed E-state index contributed by atoms with van der Waals surface area (Å²) < 4.78 is 26.0. The monoisotopic (exact) mass is 485 g/mol. The summed E-state index contributed by atoms with van der Waals surface area (Å²) >= 11 is 0. The summed E-state index contributed by atoms with van der Waals surface area (Å²) in [6.45, 7) is 6.21. The minimum Gasteiger partial charge on any atom is -0.491 e. The van der Waals surface area contributed by atoms with Crippen molar-refractivity contribution in [1.29, 1.82) is 0 Å². The van der Waals surface area contributed by atoms with Crippen LogP contribution in [0.2, 0.25) is 0 Å². The Bertz CT molecular complexity index is 1240. The van der Waals surface area contributed by atoms with Gasteiger partial charge in [0.1, 0.15) is 23.7 Å². The average Bonchev–Trinajstić information content (AvgIpc) is 2.80. The smallest absolute Gasteiger partial charge is 0.341 e. The van der Waals surface area contributed by atoms with Gasteiger partial charge in [0.25, 0.3) is 0 Å². The van der Waals surface area contributed by atoms with Crippen LogP contribution in [0.25, 0.3) is 10.9 Å². The molecule has 1 heterocycles. The molecule has 0 unspecified atom stereocenters. The van der Waals surface area contributed by atoms with Crippen molar-refractivity contribution in [2.75, 3.05) is 26.9 Å². The van der Waals surface area contributed by atoms with Crippen molar-refractivity contribution in [2.45, 2.75) is 39.7 Å². The number of ether oxygens (including phenoxy) is 2. The molecule has 0 radical (unpaired) electrons. The van der Waals surface area contributed by atoms with Gasteiger partial charge in [-0.3, -0.25) is 4.79 Å². The number of halogens is 1. The number of pyridine rings is 1. The van der Waals surface area contributed by atoms with Crippen molar-refractivity contribution in [1.82, 2.24) is 4.57 Å². The van der Waals surface area contributed by atoms with Crippen LogP contribution in [-0.2, 0) is 17.6 Å². The molecule has 0 saturated carbocycles. The molecular weight excluding hydrogens is 453 g/mol. The Kier molecular flexibility index (Phi) is 8.30. The second kappa shape index (κ2) is 11.0. The lowest BCUT2D eigenvalue weighted by molar-refractivity contribution is 0.0692. The predicted molar refractivity (Wildman–Crippen MR) is 132 cm³/mol. The van der Waals surface area contributed by atoms with Gasteiger partial charge in [0.05, 0.1) is 24.8 Å². The van der Waals surface area contributed by atoms with Crippen LogP contribution in [-0.4, -0.2) is 47.7 Å². The molecule has 0 spiro atoms. The first-order chi connectivity index (χ1) is 16.6. The molecule has 3 aromatic rings. The highest BCUT2D eigenvalue weighted by Crippen LogP contribution is 2.34. The molecule has 8 heteroatoms. The number of hydrogen-bond donors (Lipinski definition) is 2. The quantitative estimate of drug-likeness (QED) is 0.417. The summed E-state index contributed by atoms with van der Waals surface area (Å²) in [5.41, 5.74) is 0.732. The van der Waals surface area contributed by atoms with E-state index in [0.717, 1.165) is 11.1 Å². The van der Waals surface area contributed by atoms with E-state index in [-0.39, 0.29) is 30.0 Å². The van der Waals surface area contributed by atoms with E-state index in [1.54, 1.807) is 35.9 Å². The van der Waals surface area contributed by atoms with Gasteiger partial charge in [-0.2, -0.15) is 0 Å². The summed E-state index contributed by atoms with van der Waals surface area (Å²) in [5.74, 6) is -1.11. The van der Waals surface area contributed by atoms with E-state index in [0.29, 0.717) is 30.7 Å². The van der Waals surface area contributed by atoms with Crippen molar-refractivity contribution >= 4 is 16.9 Å². The highest BCUT2D eigenvalue weighted by atomic mass is 19.1. The number of fused-ring (bicyclic) bond motifs is 1. The van der Waals surface area contributed by atoms with Crippen LogP contribution >= 0.6 is 0 Å². The normalized spacial score (nSPS) is 12.6. The number of aliphatic hydroxyl groups excluding tert-OH is 1. The van der Waals surface area contributed by atoms with Crippen LogP contribution < -0.4 is 10.2 Å². The van der Waals surface area contributed by atoms with Gasteiger partial charge in [0, 0.05) is 24.8 Å². The van der Waals surface area contributed by atoms with E-state index in [1.807, 2.05) is 20.8 Å². The zero-order chi connectivity index (χ0) is 25.8. The SMILES string of the molecule is COCCOc1cc2c(cc1CCc1ccc(F)cc1)c(=O)c(C(=O)O)cn2[C@H](CO)C(C)(C)C. The summed E-state index contributed by atoms with van der Waals surface area (Å²) in [6, 6.07) is 9.10. The molecule has 0 aliphatic rings. The van der Waals surface area contributed by atoms with Gasteiger partial charge in [0.2, 0.25) is 5.43 Å². The minimum absolute atomic E-state index is 0.237. The predicted octanol–water partition coefficient (Wildman–Crippen LogP) is 4.23. The van der Waals surface area contributed by atoms with Gasteiger partial charge in [-0.25, -0.2) is 9.18 Å². The average molecular weight is 486 g/mol. The van der Waals surface area contributed by atoms with Crippen molar-refractivity contribution in [2.24, 2.45) is 5.41 Å². The Labute approximate surface area is 203 Å². The Hall–Kier alpha value is -3.23. The van der Waals surface area contributed by atoms with Crippen LogP contribution in [0.4, 0.5) is 4.39 Å². The molecule has 0 fully saturated rings. The van der Waals surface area contributed by atoms with Crippen LogP contribution in [0.1, 0.15) is 48.3 Å². The molecule has 7 nitrogen and oxygen atoms in total. The third-order valence-corrected chi connectivity index (χ3v) is 6.09. The van der Waals surface area contributed by atoms with E-state index in [9.17, 15) is 24.2 Å². The number of carboxylic acid groups (broad SMARTS) is 1. The fraction of sp³-hybridized carbons (Fsp3) is 0.407. The van der Waals surface area contributed by atoms with Gasteiger partial charge >= 0.3 is 5.97 Å². The van der Waals surface area contributed by atoms with Crippen LogP contribution in [0, 0.1) is 11.2 Å². The van der Waals surface area contributed by atoms with Gasteiger partial charge in [-0.1, -0.05) is 32.9 Å². The Balaban J connectivity index is 2.21. The summed E-state index contributed by atoms with van der Waals surface area (Å²) in [7, 11) is 1.57. The number of aromatic carboxylic acids is 1. The van der Waals surface area contributed by atoms with Crippen molar-refractivity contribution < 1.29 is 28.9 Å². The molecule has 188 valence electrons. The molecule has 0 saturated heterocycles. The zero-order valence-corrected chi connectivity index (χ0v) is 20.5. The van der Waals surface area contributed by atoms with E-state index >= 15 is 0 Å². The molecule has 2 N–H and O–H groups in total. The number of benzene rings is 2. The van der Waals surface area contributed by atoms with E-state index in [1.165, 1.54) is 18.3 Å². The number of carbonyl (C=O) groups is 1. The maximum absolute atomic E-state index is 13.3. The lowest BCUT2D eigenvalue weighted by Gasteiger charge is -2.33. The Morgan fingerprint density at radius 3 is 2.37 bits per heavy atom. The Morgan fingerprint density at radius 2 is 1.80 bits per heavy atom. The van der Waals surface area contributed by atoms with Crippen molar-refractivity contribution in [3.05, 3.63) is 75.3 Å². The van der Waals surface area contributed by atoms with Gasteiger partial charge in [-0.05, 0) is 47.6 Å². The molecule has 0 aliphatic heterocycles. The van der Waals surface area contributed by atoms with Gasteiger partial charge in [0.15, 0.2) is 0 Å². The first-order valence-electron chi connectivity index (χ1n) is 11.5. The van der Waals surface area contributed by atoms with E-state index in [2.05, 4.69) is 0 Å². The van der Waals surface area contributed by atoms with Gasteiger partial charge < -0.3 is 24.3 Å². The second-order valence-corrected chi connectivity index (χ2v) is 9.59. The maximum atomic E-state index is 13.3. The fourth-order valence-electron chi connectivity index (χ4n) is 4.11. The number of hydrogen-bond acceptors (Lipinski definition) is 5. The standard InChI is InChI=1S/C27H32FNO6/c1-27(2,3)24(16-30)29-15-21(26(32)33)25(31)20-13-18(8-5-17-6-9-19(28)10-7-17)23(14-22(20)29)35-12-11-34-4/h6-7,9-10,13-15,24,30H,5,8,11-12,16H2,1-4H3,(H,32,33)/t24-/m1/s1. The van der Waals surface area contributed by atoms with Gasteiger partial charge in [-0.15, -0.1) is 0 Å². The fourth-order valence-corrected chi connectivity index (χ4v) is 4.11. The number of aromatic nitrogens is 1.